The fourth-order valence-electron chi connectivity index (χ4n) is 2.05. The zero-order valence-corrected chi connectivity index (χ0v) is 14.9. The van der Waals surface area contributed by atoms with Gasteiger partial charge in [0, 0.05) is 6.08 Å². The van der Waals surface area contributed by atoms with Gasteiger partial charge in [-0.2, -0.15) is 10.4 Å². The number of rotatable bonds is 7. The van der Waals surface area contributed by atoms with Crippen molar-refractivity contribution in [1.82, 2.24) is 10.2 Å². The predicted octanol–water partition coefficient (Wildman–Crippen LogP) is 3.06. The third-order valence-electron chi connectivity index (χ3n) is 3.21. The first-order chi connectivity index (χ1) is 12.1. The van der Waals surface area contributed by atoms with E-state index in [0.717, 1.165) is 11.3 Å². The number of carbonyl (C=O) groups excluding carboxylic acids is 1. The summed E-state index contributed by atoms with van der Waals surface area (Å²) in [5.41, 5.74) is 1.11. The third kappa shape index (κ3) is 4.55. The third-order valence-corrected chi connectivity index (χ3v) is 4.07. The van der Waals surface area contributed by atoms with E-state index < -0.39 is 0 Å². The number of anilines is 1. The molecule has 0 spiro atoms. The Kier molecular flexibility index (Phi) is 6.48. The number of amides is 1. The summed E-state index contributed by atoms with van der Waals surface area (Å²) in [5.74, 6) is 1.89. The highest BCUT2D eigenvalue weighted by Gasteiger charge is 2.14. The van der Waals surface area contributed by atoms with E-state index in [0.29, 0.717) is 27.9 Å². The Morgan fingerprint density at radius 1 is 1.40 bits per heavy atom. The van der Waals surface area contributed by atoms with Crippen molar-refractivity contribution in [1.29, 1.82) is 5.26 Å². The molecule has 2 N–H and O–H groups in total. The van der Waals surface area contributed by atoms with Crippen LogP contribution in [0.3, 0.4) is 0 Å². The number of hydrogen-bond donors (Lipinski definition) is 2. The number of H-pyrrole nitrogens is 1. The van der Waals surface area contributed by atoms with E-state index in [2.05, 4.69) is 21.6 Å². The van der Waals surface area contributed by atoms with Crippen LogP contribution in [0, 0.1) is 11.3 Å². The Hall–Kier alpha value is -2.92. The number of aromatic nitrogens is 2. The van der Waals surface area contributed by atoms with Crippen molar-refractivity contribution in [2.75, 3.05) is 25.3 Å². The number of nitrogens with zero attached hydrogens (tertiary/aromatic N) is 2. The highest BCUT2D eigenvalue weighted by Crippen LogP contribution is 2.28. The lowest BCUT2D eigenvalue weighted by molar-refractivity contribution is -0.111. The first-order valence-electron chi connectivity index (χ1n) is 7.45. The molecule has 0 saturated carbocycles. The van der Waals surface area contributed by atoms with Gasteiger partial charge in [-0.15, -0.1) is 11.8 Å². The fourth-order valence-corrected chi connectivity index (χ4v) is 2.73. The van der Waals surface area contributed by atoms with Gasteiger partial charge >= 0.3 is 0 Å². The summed E-state index contributed by atoms with van der Waals surface area (Å²) in [4.78, 5) is 12.1. The number of thioether (sulfide) groups is 1. The van der Waals surface area contributed by atoms with Gasteiger partial charge in [0.1, 0.15) is 22.5 Å². The molecule has 1 aromatic carbocycles. The molecule has 0 aliphatic carbocycles. The number of hydrogen-bond acceptors (Lipinski definition) is 6. The maximum atomic E-state index is 12.1. The van der Waals surface area contributed by atoms with Crippen LogP contribution in [0.2, 0.25) is 0 Å². The molecule has 0 aliphatic heterocycles. The average molecular weight is 358 g/mol. The van der Waals surface area contributed by atoms with Crippen LogP contribution in [-0.2, 0) is 4.79 Å². The maximum absolute atomic E-state index is 12.1. The molecule has 0 fully saturated rings. The SMILES string of the molecule is CCSc1n[nH]c(NC(=O)C=Cc2ccc(OC)c(OC)c2)c1C#N. The molecule has 1 amide bonds. The van der Waals surface area contributed by atoms with Gasteiger partial charge in [0.05, 0.1) is 14.2 Å². The molecule has 0 atom stereocenters. The van der Waals surface area contributed by atoms with Crippen LogP contribution in [0.1, 0.15) is 18.1 Å². The summed E-state index contributed by atoms with van der Waals surface area (Å²) in [6, 6.07) is 7.37. The molecule has 0 bridgehead atoms. The number of aromatic amines is 1. The van der Waals surface area contributed by atoms with Gasteiger partial charge in [-0.25, -0.2) is 0 Å². The molecule has 1 aromatic heterocycles. The molecule has 0 unspecified atom stereocenters. The van der Waals surface area contributed by atoms with E-state index in [4.69, 9.17) is 9.47 Å². The van der Waals surface area contributed by atoms with Crippen LogP contribution in [0.25, 0.3) is 6.08 Å². The van der Waals surface area contributed by atoms with Crippen molar-refractivity contribution in [3.05, 3.63) is 35.4 Å². The van der Waals surface area contributed by atoms with Gasteiger partial charge in [0.2, 0.25) is 5.91 Å². The first kappa shape index (κ1) is 18.4. The Labute approximate surface area is 150 Å². The smallest absolute Gasteiger partial charge is 0.249 e. The van der Waals surface area contributed by atoms with Gasteiger partial charge in [0.25, 0.3) is 0 Å². The lowest BCUT2D eigenvalue weighted by Gasteiger charge is -2.07. The Morgan fingerprint density at radius 3 is 2.80 bits per heavy atom. The Balaban J connectivity index is 2.10. The number of carbonyl (C=O) groups is 1. The Morgan fingerprint density at radius 2 is 2.16 bits per heavy atom. The minimum absolute atomic E-state index is 0.292. The predicted molar refractivity (Wildman–Crippen MR) is 96.9 cm³/mol. The molecular weight excluding hydrogens is 340 g/mol. The molecule has 0 saturated heterocycles. The largest absolute Gasteiger partial charge is 0.493 e. The van der Waals surface area contributed by atoms with E-state index >= 15 is 0 Å². The van der Waals surface area contributed by atoms with Crippen molar-refractivity contribution >= 4 is 29.6 Å². The van der Waals surface area contributed by atoms with Gasteiger partial charge in [0.15, 0.2) is 11.5 Å². The lowest BCUT2D eigenvalue weighted by Crippen LogP contribution is -2.09. The summed E-state index contributed by atoms with van der Waals surface area (Å²) in [7, 11) is 3.11. The number of nitriles is 1. The van der Waals surface area contributed by atoms with Gasteiger partial charge in [-0.3, -0.25) is 9.89 Å². The minimum atomic E-state index is -0.372. The van der Waals surface area contributed by atoms with E-state index in [-0.39, 0.29) is 5.91 Å². The first-order valence-corrected chi connectivity index (χ1v) is 8.43. The second-order valence-corrected chi connectivity index (χ2v) is 6.01. The van der Waals surface area contributed by atoms with Crippen LogP contribution in [0.5, 0.6) is 11.5 Å². The summed E-state index contributed by atoms with van der Waals surface area (Å²) >= 11 is 1.43. The van der Waals surface area contributed by atoms with Crippen LogP contribution < -0.4 is 14.8 Å². The lowest BCUT2D eigenvalue weighted by atomic mass is 10.2. The van der Waals surface area contributed by atoms with Crippen LogP contribution in [0.4, 0.5) is 5.82 Å². The van der Waals surface area contributed by atoms with E-state index in [9.17, 15) is 10.1 Å². The van der Waals surface area contributed by atoms with Crippen molar-refractivity contribution in [2.24, 2.45) is 0 Å². The van der Waals surface area contributed by atoms with Crippen molar-refractivity contribution in [2.45, 2.75) is 11.9 Å². The van der Waals surface area contributed by atoms with Crippen molar-refractivity contribution in [3.63, 3.8) is 0 Å². The molecular formula is C17H18N4O3S. The molecule has 25 heavy (non-hydrogen) atoms. The highest BCUT2D eigenvalue weighted by atomic mass is 32.2. The fraction of sp³-hybridized carbons (Fsp3) is 0.235. The number of ether oxygens (including phenoxy) is 2. The molecule has 0 aliphatic rings. The molecule has 1 heterocycles. The molecule has 130 valence electrons. The van der Waals surface area contributed by atoms with Gasteiger partial charge in [-0.05, 0) is 29.5 Å². The monoisotopic (exact) mass is 358 g/mol. The van der Waals surface area contributed by atoms with Crippen LogP contribution in [-0.4, -0.2) is 36.1 Å². The topological polar surface area (TPSA) is 100 Å². The summed E-state index contributed by atoms with van der Waals surface area (Å²) in [6.45, 7) is 1.96. The van der Waals surface area contributed by atoms with Crippen molar-refractivity contribution < 1.29 is 14.3 Å². The molecule has 0 radical (unpaired) electrons. The summed E-state index contributed by atoms with van der Waals surface area (Å²) < 4.78 is 10.4. The van der Waals surface area contributed by atoms with Crippen LogP contribution in [0.15, 0.2) is 29.3 Å². The summed E-state index contributed by atoms with van der Waals surface area (Å²) in [6.07, 6.45) is 3.01. The van der Waals surface area contributed by atoms with E-state index in [1.807, 2.05) is 6.92 Å². The number of nitrogens with one attached hydrogen (secondary N) is 2. The van der Waals surface area contributed by atoms with Gasteiger partial charge in [-0.1, -0.05) is 13.0 Å². The minimum Gasteiger partial charge on any atom is -0.493 e. The molecule has 2 aromatic rings. The van der Waals surface area contributed by atoms with E-state index in [1.54, 1.807) is 38.5 Å². The highest BCUT2D eigenvalue weighted by molar-refractivity contribution is 7.99. The van der Waals surface area contributed by atoms with E-state index in [1.165, 1.54) is 17.8 Å². The Bertz CT molecular complexity index is 824. The standard InChI is InChI=1S/C17H18N4O3S/c1-4-25-17-12(10-18)16(20-21-17)19-15(22)8-6-11-5-7-13(23-2)14(9-11)24-3/h5-9H,4H2,1-3H3,(H2,19,20,21,22). The number of benzene rings is 1. The zero-order valence-electron chi connectivity index (χ0n) is 14.1. The molecule has 8 heteroatoms. The maximum Gasteiger partial charge on any atom is 0.249 e. The van der Waals surface area contributed by atoms with Crippen LogP contribution >= 0.6 is 11.8 Å². The second-order valence-electron chi connectivity index (χ2n) is 4.76. The quantitative estimate of drug-likeness (QED) is 0.583. The summed E-state index contributed by atoms with van der Waals surface area (Å²) in [5, 5.41) is 19.1. The average Bonchev–Trinajstić information content (AvgIpc) is 3.01. The molecule has 2 rings (SSSR count). The molecule has 7 nitrogen and oxygen atoms in total. The van der Waals surface area contributed by atoms with Gasteiger partial charge < -0.3 is 14.8 Å². The number of methoxy groups -OCH3 is 2. The van der Waals surface area contributed by atoms with Crippen molar-refractivity contribution in [3.8, 4) is 17.6 Å². The zero-order chi connectivity index (χ0) is 18.2. The normalized spacial score (nSPS) is 10.5. The second kappa shape index (κ2) is 8.80.